The monoisotopic (exact) mass is 246 g/mol. The molecule has 0 aromatic carbocycles. The van der Waals surface area contributed by atoms with Gasteiger partial charge in [-0.3, -0.25) is 9.78 Å². The van der Waals surface area contributed by atoms with Crippen molar-refractivity contribution >= 4 is 18.6 Å². The second-order valence-corrected chi connectivity index (χ2v) is 9.06. The number of rotatable bonds is 0. The van der Waals surface area contributed by atoms with Crippen LogP contribution in [0.15, 0.2) is 29.3 Å². The van der Waals surface area contributed by atoms with Crippen LogP contribution < -0.4 is 15.9 Å². The molecule has 3 heterocycles. The van der Waals surface area contributed by atoms with Crippen LogP contribution in [0.3, 0.4) is 0 Å². The highest BCUT2D eigenvalue weighted by Gasteiger charge is 2.40. The molecule has 1 aliphatic rings. The summed E-state index contributed by atoms with van der Waals surface area (Å²) in [7, 11) is -2.00. The fourth-order valence-corrected chi connectivity index (χ4v) is 5.32. The molecule has 86 valence electrons. The van der Waals surface area contributed by atoms with E-state index in [1.165, 1.54) is 18.3 Å². The van der Waals surface area contributed by atoms with Crippen molar-refractivity contribution in [3.8, 4) is 11.3 Å². The molecule has 0 radical (unpaired) electrons. The quantitative estimate of drug-likeness (QED) is 0.696. The number of nitrogens with zero attached hydrogens (tertiary/aromatic N) is 1. The maximum absolute atomic E-state index is 13.3. The Labute approximate surface area is 98.4 Å². The Morgan fingerprint density at radius 1 is 1.41 bits per heavy atom. The molecule has 17 heavy (non-hydrogen) atoms. The van der Waals surface area contributed by atoms with Crippen LogP contribution in [0.4, 0.5) is 4.39 Å². The number of hydrogen-bond donors (Lipinski definition) is 1. The van der Waals surface area contributed by atoms with Gasteiger partial charge in [-0.2, -0.15) is 0 Å². The van der Waals surface area contributed by atoms with Gasteiger partial charge in [-0.15, -0.1) is 0 Å². The molecule has 0 aliphatic carbocycles. The Balaban J connectivity index is 2.47. The highest BCUT2D eigenvalue weighted by Crippen LogP contribution is 2.22. The van der Waals surface area contributed by atoms with Crippen molar-refractivity contribution in [3.63, 3.8) is 0 Å². The summed E-state index contributed by atoms with van der Waals surface area (Å²) in [5, 5.41) is 1.84. The number of pyridine rings is 2. The van der Waals surface area contributed by atoms with Gasteiger partial charge in [-0.1, -0.05) is 13.1 Å². The lowest BCUT2D eigenvalue weighted by Gasteiger charge is -2.17. The maximum Gasteiger partial charge on any atom is 0.190 e. The van der Waals surface area contributed by atoms with E-state index in [1.807, 2.05) is 0 Å². The largest absolute Gasteiger partial charge is 0.367 e. The van der Waals surface area contributed by atoms with Crippen LogP contribution in [-0.2, 0) is 0 Å². The maximum atomic E-state index is 13.3. The molecule has 2 aromatic heterocycles. The summed E-state index contributed by atoms with van der Waals surface area (Å²) < 4.78 is 13.3. The first-order valence-corrected chi connectivity index (χ1v) is 8.40. The summed E-state index contributed by atoms with van der Waals surface area (Å²) >= 11 is 0. The van der Waals surface area contributed by atoms with Crippen molar-refractivity contribution in [2.24, 2.45) is 0 Å². The van der Waals surface area contributed by atoms with Crippen molar-refractivity contribution in [2.45, 2.75) is 13.1 Å². The predicted octanol–water partition coefficient (Wildman–Crippen LogP) is 0.712. The van der Waals surface area contributed by atoms with Gasteiger partial charge in [0.25, 0.3) is 0 Å². The minimum Gasteiger partial charge on any atom is -0.367 e. The van der Waals surface area contributed by atoms with E-state index in [9.17, 15) is 9.18 Å². The first kappa shape index (κ1) is 10.4. The Morgan fingerprint density at radius 3 is 2.94 bits per heavy atom. The predicted molar refractivity (Wildman–Crippen MR) is 67.0 cm³/mol. The molecule has 0 amide bonds. The third-order valence-corrected chi connectivity index (χ3v) is 6.72. The van der Waals surface area contributed by atoms with Gasteiger partial charge in [0.15, 0.2) is 5.43 Å². The molecule has 0 atom stereocenters. The van der Waals surface area contributed by atoms with Gasteiger partial charge in [0.1, 0.15) is 13.9 Å². The van der Waals surface area contributed by atoms with Crippen molar-refractivity contribution in [2.75, 3.05) is 0 Å². The number of H-pyrrole nitrogens is 1. The molecular formula is C12H11FN2OSi. The first-order valence-electron chi connectivity index (χ1n) is 5.40. The minimum atomic E-state index is -2.00. The summed E-state index contributed by atoms with van der Waals surface area (Å²) in [5.74, 6) is -0.343. The van der Waals surface area contributed by atoms with E-state index in [2.05, 4.69) is 23.1 Å². The fourth-order valence-electron chi connectivity index (χ4n) is 2.46. The van der Waals surface area contributed by atoms with E-state index in [-0.39, 0.29) is 11.2 Å². The van der Waals surface area contributed by atoms with Crippen LogP contribution >= 0.6 is 0 Å². The third-order valence-electron chi connectivity index (χ3n) is 3.35. The summed E-state index contributed by atoms with van der Waals surface area (Å²) in [4.78, 5) is 19.2. The summed E-state index contributed by atoms with van der Waals surface area (Å²) in [6, 6.07) is 3.01. The lowest BCUT2D eigenvalue weighted by Crippen LogP contribution is -2.51. The average molecular weight is 246 g/mol. The van der Waals surface area contributed by atoms with Gasteiger partial charge in [0.05, 0.1) is 17.5 Å². The molecule has 0 spiro atoms. The molecular weight excluding hydrogens is 235 g/mol. The van der Waals surface area contributed by atoms with Crippen molar-refractivity contribution < 1.29 is 4.39 Å². The van der Waals surface area contributed by atoms with Crippen molar-refractivity contribution in [1.29, 1.82) is 0 Å². The minimum absolute atomic E-state index is 0.0443. The number of fused-ring (bicyclic) bond motifs is 3. The van der Waals surface area contributed by atoms with E-state index in [0.717, 1.165) is 10.5 Å². The molecule has 5 heteroatoms. The van der Waals surface area contributed by atoms with Crippen LogP contribution in [0.25, 0.3) is 11.3 Å². The lowest BCUT2D eigenvalue weighted by atomic mass is 10.2. The van der Waals surface area contributed by atoms with E-state index < -0.39 is 8.07 Å². The molecule has 0 saturated heterocycles. The number of aromatic nitrogens is 2. The van der Waals surface area contributed by atoms with Crippen molar-refractivity contribution in [1.82, 2.24) is 9.97 Å². The fraction of sp³-hybridized carbons (Fsp3) is 0.167. The Bertz CT molecular complexity index is 678. The molecule has 3 rings (SSSR count). The lowest BCUT2D eigenvalue weighted by molar-refractivity contribution is 0.623. The van der Waals surface area contributed by atoms with Crippen molar-refractivity contribution in [3.05, 3.63) is 40.6 Å². The smallest absolute Gasteiger partial charge is 0.190 e. The Hall–Kier alpha value is -1.75. The SMILES string of the molecule is C[Si]1(C)c2cc(F)cnc2-c2c1[nH]ccc2=O. The van der Waals surface area contributed by atoms with Gasteiger partial charge >= 0.3 is 0 Å². The normalized spacial score (nSPS) is 15.5. The van der Waals surface area contributed by atoms with E-state index in [1.54, 1.807) is 6.20 Å². The Kier molecular flexibility index (Phi) is 1.92. The zero-order valence-corrected chi connectivity index (χ0v) is 10.5. The zero-order chi connectivity index (χ0) is 12.2. The zero-order valence-electron chi connectivity index (χ0n) is 9.54. The van der Waals surface area contributed by atoms with Crippen LogP contribution in [-0.4, -0.2) is 18.0 Å². The third kappa shape index (κ3) is 1.26. The van der Waals surface area contributed by atoms with E-state index >= 15 is 0 Å². The van der Waals surface area contributed by atoms with Crippen LogP contribution in [0.1, 0.15) is 0 Å². The summed E-state index contributed by atoms with van der Waals surface area (Å²) in [6.07, 6.45) is 2.82. The number of nitrogens with one attached hydrogen (secondary N) is 1. The molecule has 0 bridgehead atoms. The topological polar surface area (TPSA) is 45.8 Å². The van der Waals surface area contributed by atoms with E-state index in [0.29, 0.717) is 11.3 Å². The van der Waals surface area contributed by atoms with Gasteiger partial charge in [-0.25, -0.2) is 4.39 Å². The first-order chi connectivity index (χ1) is 8.01. The van der Waals surface area contributed by atoms with Gasteiger partial charge < -0.3 is 4.98 Å². The number of halogens is 1. The van der Waals surface area contributed by atoms with Gasteiger partial charge in [-0.05, 0) is 11.3 Å². The van der Waals surface area contributed by atoms with Crippen LogP contribution in [0, 0.1) is 5.82 Å². The standard InChI is InChI=1S/C12H11FN2OSi/c1-17(2)9-5-7(13)6-15-11(9)10-8(16)3-4-14-12(10)17/h3-6H,1-2H3,(H,14,16). The summed E-state index contributed by atoms with van der Waals surface area (Å²) in [6.45, 7) is 4.18. The highest BCUT2D eigenvalue weighted by molar-refractivity contribution is 7.03. The van der Waals surface area contributed by atoms with Gasteiger partial charge in [0, 0.05) is 17.6 Å². The molecule has 0 fully saturated rings. The molecule has 3 nitrogen and oxygen atoms in total. The molecule has 0 saturated carbocycles. The highest BCUT2D eigenvalue weighted by atomic mass is 28.3. The van der Waals surface area contributed by atoms with Gasteiger partial charge in [0.2, 0.25) is 0 Å². The number of aromatic amines is 1. The number of hydrogen-bond acceptors (Lipinski definition) is 2. The molecule has 1 aliphatic heterocycles. The average Bonchev–Trinajstić information content (AvgIpc) is 2.50. The second kappa shape index (κ2) is 3.13. The second-order valence-electron chi connectivity index (χ2n) is 4.77. The van der Waals surface area contributed by atoms with Crippen LogP contribution in [0.2, 0.25) is 13.1 Å². The van der Waals surface area contributed by atoms with E-state index in [4.69, 9.17) is 0 Å². The molecule has 0 unspecified atom stereocenters. The molecule has 2 aromatic rings. The summed E-state index contributed by atoms with van der Waals surface area (Å²) in [5.41, 5.74) is 1.23. The van der Waals surface area contributed by atoms with Crippen LogP contribution in [0.5, 0.6) is 0 Å². The molecule has 1 N–H and O–H groups in total. The Morgan fingerprint density at radius 2 is 2.18 bits per heavy atom.